The minimum atomic E-state index is 0.625. The van der Waals surface area contributed by atoms with Gasteiger partial charge in [-0.3, -0.25) is 0 Å². The van der Waals surface area contributed by atoms with Gasteiger partial charge in [-0.2, -0.15) is 0 Å². The van der Waals surface area contributed by atoms with Crippen LogP contribution >= 0.6 is 9.24 Å². The number of hydrogen-bond acceptors (Lipinski definition) is 0. The summed E-state index contributed by atoms with van der Waals surface area (Å²) in [5, 5.41) is 1.37. The van der Waals surface area contributed by atoms with Crippen LogP contribution in [-0.4, -0.2) is 0 Å². The van der Waals surface area contributed by atoms with Crippen molar-refractivity contribution in [1.82, 2.24) is 0 Å². The molecule has 0 aromatic heterocycles. The van der Waals surface area contributed by atoms with Gasteiger partial charge in [-0.25, -0.2) is 0 Å². The van der Waals surface area contributed by atoms with Gasteiger partial charge in [0.2, 0.25) is 0 Å². The van der Waals surface area contributed by atoms with Gasteiger partial charge in [-0.05, 0) is 34.7 Å². The molecule has 104 valence electrons. The molecule has 0 fully saturated rings. The van der Waals surface area contributed by atoms with E-state index in [0.717, 1.165) is 0 Å². The lowest BCUT2D eigenvalue weighted by atomic mass is 9.95. The van der Waals surface area contributed by atoms with Crippen molar-refractivity contribution in [3.05, 3.63) is 42.5 Å². The topological polar surface area (TPSA) is 0 Å². The molecule has 0 saturated carbocycles. The van der Waals surface area contributed by atoms with Crippen LogP contribution in [0.4, 0.5) is 0 Å². The van der Waals surface area contributed by atoms with Crippen molar-refractivity contribution >= 4 is 14.5 Å². The maximum absolute atomic E-state index is 3.00. The lowest BCUT2D eigenvalue weighted by molar-refractivity contribution is 0.736. The summed E-state index contributed by atoms with van der Waals surface area (Å²) in [7, 11) is 2.86. The molecular weight excluding hydrogens is 235 g/mol. The minimum absolute atomic E-state index is 0.625. The van der Waals surface area contributed by atoms with Crippen molar-refractivity contribution in [1.29, 1.82) is 0 Å². The maximum Gasteiger partial charge on any atom is -0.0187 e. The molecule has 1 aromatic carbocycles. The van der Waals surface area contributed by atoms with E-state index < -0.39 is 0 Å². The summed E-state index contributed by atoms with van der Waals surface area (Å²) in [4.78, 5) is 0. The van der Waals surface area contributed by atoms with Gasteiger partial charge in [0, 0.05) is 0 Å². The molecule has 1 rings (SSSR count). The zero-order valence-electron chi connectivity index (χ0n) is 13.1. The smallest absolute Gasteiger partial charge is 0.0187 e. The maximum atomic E-state index is 3.00. The second-order valence-corrected chi connectivity index (χ2v) is 4.97. The molecule has 0 aliphatic heterocycles. The first-order chi connectivity index (χ1) is 8.56. The molecule has 0 spiro atoms. The van der Waals surface area contributed by atoms with Gasteiger partial charge in [0.25, 0.3) is 0 Å². The molecule has 0 amide bonds. The van der Waals surface area contributed by atoms with Gasteiger partial charge >= 0.3 is 0 Å². The number of rotatable bonds is 3. The van der Waals surface area contributed by atoms with Crippen LogP contribution in [0.1, 0.15) is 70.9 Å². The van der Waals surface area contributed by atoms with Crippen LogP contribution in [0.5, 0.6) is 0 Å². The Balaban J connectivity index is 0. The third-order valence-electron chi connectivity index (χ3n) is 2.92. The molecule has 2 unspecified atom stereocenters. The molecule has 0 N–H and O–H groups in total. The van der Waals surface area contributed by atoms with Gasteiger partial charge < -0.3 is 0 Å². The summed E-state index contributed by atoms with van der Waals surface area (Å²) >= 11 is 0. The Labute approximate surface area is 117 Å². The van der Waals surface area contributed by atoms with E-state index >= 15 is 0 Å². The normalized spacial score (nSPS) is 10.9. The zero-order chi connectivity index (χ0) is 14.7. The highest BCUT2D eigenvalue weighted by atomic mass is 31.0. The van der Waals surface area contributed by atoms with E-state index in [1.165, 1.54) is 22.9 Å². The third-order valence-corrected chi connectivity index (χ3v) is 3.42. The van der Waals surface area contributed by atoms with Gasteiger partial charge in [0.05, 0.1) is 0 Å². The molecule has 1 aromatic rings. The van der Waals surface area contributed by atoms with E-state index in [-0.39, 0.29) is 0 Å². The standard InChI is InChI=1S/C13H21P.C2H6.C2H4/c1-5-10(4)12-7-6-11(9(2)3)8-13(12)14;2*1-2/h6-10H,5,14H2,1-4H3;1-2H3;1-2H2. The van der Waals surface area contributed by atoms with Crippen LogP contribution in [0.3, 0.4) is 0 Å². The van der Waals surface area contributed by atoms with E-state index in [2.05, 4.69) is 68.3 Å². The van der Waals surface area contributed by atoms with Gasteiger partial charge in [0.1, 0.15) is 0 Å². The van der Waals surface area contributed by atoms with Crippen LogP contribution in [0, 0.1) is 0 Å². The molecule has 1 heteroatoms. The van der Waals surface area contributed by atoms with E-state index in [4.69, 9.17) is 0 Å². The SMILES string of the molecule is C=C.CC.CCC(C)c1ccc(C(C)C)cc1P. The molecule has 0 radical (unpaired) electrons. The second-order valence-electron chi connectivity index (χ2n) is 4.35. The summed E-state index contributed by atoms with van der Waals surface area (Å²) in [6.45, 7) is 19.0. The second kappa shape index (κ2) is 11.5. The molecule has 0 aliphatic carbocycles. The van der Waals surface area contributed by atoms with Gasteiger partial charge in [-0.15, -0.1) is 22.4 Å². The first kappa shape index (κ1) is 19.7. The molecule has 0 bridgehead atoms. The fourth-order valence-corrected chi connectivity index (χ4v) is 2.19. The fraction of sp³-hybridized carbons (Fsp3) is 0.529. The third kappa shape index (κ3) is 6.36. The predicted octanol–water partition coefficient (Wildman–Crippen LogP) is 5.65. The first-order valence-corrected chi connectivity index (χ1v) is 7.53. The Hall–Kier alpha value is -0.610. The van der Waals surface area contributed by atoms with Crippen LogP contribution < -0.4 is 5.30 Å². The summed E-state index contributed by atoms with van der Waals surface area (Å²) in [6, 6.07) is 6.85. The summed E-state index contributed by atoms with van der Waals surface area (Å²) in [5.74, 6) is 1.30. The van der Waals surface area contributed by atoms with Crippen molar-refractivity contribution in [2.24, 2.45) is 0 Å². The van der Waals surface area contributed by atoms with Crippen molar-refractivity contribution in [2.45, 2.75) is 59.8 Å². The Morgan fingerprint density at radius 1 is 1.11 bits per heavy atom. The van der Waals surface area contributed by atoms with Crippen molar-refractivity contribution in [2.75, 3.05) is 0 Å². The summed E-state index contributed by atoms with van der Waals surface area (Å²) in [6.07, 6.45) is 1.21. The van der Waals surface area contributed by atoms with Crippen LogP contribution in [0.25, 0.3) is 0 Å². The number of benzene rings is 1. The fourth-order valence-electron chi connectivity index (χ4n) is 1.62. The largest absolute Gasteiger partial charge is 0.106 e. The molecule has 2 atom stereocenters. The van der Waals surface area contributed by atoms with E-state index in [9.17, 15) is 0 Å². The highest BCUT2D eigenvalue weighted by Gasteiger charge is 2.07. The Morgan fingerprint density at radius 3 is 1.94 bits per heavy atom. The van der Waals surface area contributed by atoms with Crippen molar-refractivity contribution in [3.63, 3.8) is 0 Å². The van der Waals surface area contributed by atoms with E-state index in [1.54, 1.807) is 0 Å². The van der Waals surface area contributed by atoms with Gasteiger partial charge in [-0.1, -0.05) is 59.7 Å². The Kier molecular flexibility index (Phi) is 12.6. The highest BCUT2D eigenvalue weighted by Crippen LogP contribution is 2.21. The highest BCUT2D eigenvalue weighted by molar-refractivity contribution is 7.27. The number of hydrogen-bond donors (Lipinski definition) is 0. The van der Waals surface area contributed by atoms with Gasteiger partial charge in [0.15, 0.2) is 0 Å². The van der Waals surface area contributed by atoms with E-state index in [0.29, 0.717) is 11.8 Å². The molecule has 0 nitrogen and oxygen atoms in total. The molecule has 0 saturated heterocycles. The quantitative estimate of drug-likeness (QED) is 0.489. The summed E-state index contributed by atoms with van der Waals surface area (Å²) in [5.41, 5.74) is 2.91. The lowest BCUT2D eigenvalue weighted by Crippen LogP contribution is -2.07. The van der Waals surface area contributed by atoms with Crippen LogP contribution in [-0.2, 0) is 0 Å². The average molecular weight is 266 g/mol. The first-order valence-electron chi connectivity index (χ1n) is 6.95. The minimum Gasteiger partial charge on any atom is -0.106 e. The monoisotopic (exact) mass is 266 g/mol. The van der Waals surface area contributed by atoms with Crippen LogP contribution in [0.2, 0.25) is 0 Å². The van der Waals surface area contributed by atoms with Crippen molar-refractivity contribution in [3.8, 4) is 0 Å². The van der Waals surface area contributed by atoms with E-state index in [1.807, 2.05) is 13.8 Å². The summed E-state index contributed by atoms with van der Waals surface area (Å²) < 4.78 is 0. The lowest BCUT2D eigenvalue weighted by Gasteiger charge is -2.15. The average Bonchev–Trinajstić information content (AvgIpc) is 2.42. The molecule has 0 heterocycles. The molecular formula is C17H31P. The molecule has 0 aliphatic rings. The zero-order valence-corrected chi connectivity index (χ0v) is 14.2. The van der Waals surface area contributed by atoms with Crippen LogP contribution in [0.15, 0.2) is 31.4 Å². The predicted molar refractivity (Wildman–Crippen MR) is 91.2 cm³/mol. The Morgan fingerprint density at radius 2 is 1.61 bits per heavy atom. The Bertz CT molecular complexity index is 315. The molecule has 18 heavy (non-hydrogen) atoms. The van der Waals surface area contributed by atoms with Crippen molar-refractivity contribution < 1.29 is 0 Å².